The molecule has 2 amide bonds. The Balaban J connectivity index is 1.38. The Labute approximate surface area is 174 Å². The maximum absolute atomic E-state index is 12.5. The highest BCUT2D eigenvalue weighted by molar-refractivity contribution is 6.04. The van der Waals surface area contributed by atoms with Crippen LogP contribution in [0.1, 0.15) is 21.6 Å². The van der Waals surface area contributed by atoms with Crippen molar-refractivity contribution in [2.24, 2.45) is 0 Å². The molecule has 0 spiro atoms. The van der Waals surface area contributed by atoms with Gasteiger partial charge in [-0.2, -0.15) is 0 Å². The van der Waals surface area contributed by atoms with Crippen molar-refractivity contribution < 1.29 is 9.59 Å². The summed E-state index contributed by atoms with van der Waals surface area (Å²) in [7, 11) is 0. The highest BCUT2D eigenvalue weighted by atomic mass is 16.2. The maximum atomic E-state index is 12.5. The fraction of sp³-hybridized carbons (Fsp3) is 0.125. The third kappa shape index (κ3) is 4.38. The maximum Gasteiger partial charge on any atom is 0.255 e. The third-order valence-electron chi connectivity index (χ3n) is 4.94. The summed E-state index contributed by atoms with van der Waals surface area (Å²) in [6.07, 6.45) is 3.16. The molecule has 4 rings (SSSR count). The molecule has 2 aromatic heterocycles. The first-order valence-corrected chi connectivity index (χ1v) is 9.72. The van der Waals surface area contributed by atoms with Crippen LogP contribution in [0.4, 0.5) is 5.69 Å². The molecule has 0 bridgehead atoms. The van der Waals surface area contributed by atoms with E-state index >= 15 is 0 Å². The number of hydrogen-bond acceptors (Lipinski definition) is 3. The van der Waals surface area contributed by atoms with Gasteiger partial charge in [0.15, 0.2) is 0 Å². The van der Waals surface area contributed by atoms with Crippen molar-refractivity contribution in [3.63, 3.8) is 0 Å². The number of para-hydroxylation sites is 1. The minimum atomic E-state index is -0.200. The molecule has 6 nitrogen and oxygen atoms in total. The zero-order valence-corrected chi connectivity index (χ0v) is 16.6. The Morgan fingerprint density at radius 1 is 0.967 bits per heavy atom. The number of pyridine rings is 1. The second kappa shape index (κ2) is 8.61. The lowest BCUT2D eigenvalue weighted by Gasteiger charge is -2.11. The number of nitrogens with zero attached hydrogens (tertiary/aromatic N) is 2. The summed E-state index contributed by atoms with van der Waals surface area (Å²) in [6.45, 7) is 2.65. The minimum absolute atomic E-state index is 0.0642. The highest BCUT2D eigenvalue weighted by Crippen LogP contribution is 2.19. The average molecular weight is 398 g/mol. The molecule has 2 aromatic carbocycles. The Kier molecular flexibility index (Phi) is 5.57. The van der Waals surface area contributed by atoms with E-state index in [-0.39, 0.29) is 18.4 Å². The normalized spacial score (nSPS) is 10.7. The quantitative estimate of drug-likeness (QED) is 0.517. The molecule has 2 N–H and O–H groups in total. The standard InChI is InChI=1S/C24H22N4O2/c1-17-13-20-6-2-3-8-22(20)28(17)16-23(29)26-15-18-5-4-7-21(14-18)27-24(30)19-9-11-25-12-10-19/h2-14H,15-16H2,1H3,(H,26,29)(H,27,30). The van der Waals surface area contributed by atoms with Gasteiger partial charge >= 0.3 is 0 Å². The predicted octanol–water partition coefficient (Wildman–Crippen LogP) is 3.91. The van der Waals surface area contributed by atoms with Gasteiger partial charge in [0.2, 0.25) is 5.91 Å². The molecule has 2 heterocycles. The van der Waals surface area contributed by atoms with Gasteiger partial charge in [-0.25, -0.2) is 0 Å². The molecule has 0 radical (unpaired) electrons. The van der Waals surface area contributed by atoms with Crippen molar-refractivity contribution >= 4 is 28.4 Å². The molecular weight excluding hydrogens is 376 g/mol. The number of rotatable bonds is 6. The minimum Gasteiger partial charge on any atom is -0.350 e. The summed E-state index contributed by atoms with van der Waals surface area (Å²) >= 11 is 0. The molecule has 0 fully saturated rings. The molecule has 0 saturated heterocycles. The first-order chi connectivity index (χ1) is 14.6. The number of nitrogens with one attached hydrogen (secondary N) is 2. The summed E-state index contributed by atoms with van der Waals surface area (Å²) in [5, 5.41) is 6.95. The van der Waals surface area contributed by atoms with Crippen LogP contribution < -0.4 is 10.6 Å². The number of fused-ring (bicyclic) bond motifs is 1. The molecule has 0 unspecified atom stereocenters. The van der Waals surface area contributed by atoms with Crippen LogP contribution in [0.3, 0.4) is 0 Å². The second-order valence-electron chi connectivity index (χ2n) is 7.10. The van der Waals surface area contributed by atoms with Crippen molar-refractivity contribution in [1.82, 2.24) is 14.9 Å². The van der Waals surface area contributed by atoms with Crippen LogP contribution in [0.2, 0.25) is 0 Å². The highest BCUT2D eigenvalue weighted by Gasteiger charge is 2.10. The Hall–Kier alpha value is -3.93. The number of carbonyl (C=O) groups is 2. The van der Waals surface area contributed by atoms with E-state index < -0.39 is 0 Å². The number of carbonyl (C=O) groups excluding carboxylic acids is 2. The first-order valence-electron chi connectivity index (χ1n) is 9.72. The van der Waals surface area contributed by atoms with Gasteiger partial charge in [-0.15, -0.1) is 0 Å². The molecule has 150 valence electrons. The fourth-order valence-electron chi connectivity index (χ4n) is 3.42. The van der Waals surface area contributed by atoms with E-state index in [2.05, 4.69) is 21.7 Å². The average Bonchev–Trinajstić information content (AvgIpc) is 3.08. The van der Waals surface area contributed by atoms with E-state index in [0.717, 1.165) is 22.2 Å². The second-order valence-corrected chi connectivity index (χ2v) is 7.10. The number of hydrogen-bond donors (Lipinski definition) is 2. The molecule has 4 aromatic rings. The van der Waals surface area contributed by atoms with Crippen molar-refractivity contribution in [2.45, 2.75) is 20.0 Å². The number of anilines is 1. The van der Waals surface area contributed by atoms with Gasteiger partial charge in [0, 0.05) is 41.4 Å². The number of aryl methyl sites for hydroxylation is 1. The van der Waals surface area contributed by atoms with E-state index in [1.807, 2.05) is 60.0 Å². The van der Waals surface area contributed by atoms with E-state index in [1.54, 1.807) is 24.5 Å². The third-order valence-corrected chi connectivity index (χ3v) is 4.94. The number of amides is 2. The van der Waals surface area contributed by atoms with Gasteiger partial charge in [-0.3, -0.25) is 14.6 Å². The van der Waals surface area contributed by atoms with Crippen molar-refractivity contribution in [1.29, 1.82) is 0 Å². The number of benzene rings is 2. The zero-order chi connectivity index (χ0) is 20.9. The number of aromatic nitrogens is 2. The van der Waals surface area contributed by atoms with E-state index in [9.17, 15) is 9.59 Å². The zero-order valence-electron chi connectivity index (χ0n) is 16.6. The van der Waals surface area contributed by atoms with Crippen LogP contribution in [-0.2, 0) is 17.9 Å². The van der Waals surface area contributed by atoms with Crippen LogP contribution in [0.5, 0.6) is 0 Å². The SMILES string of the molecule is Cc1cc2ccccc2n1CC(=O)NCc1cccc(NC(=O)c2ccncc2)c1. The topological polar surface area (TPSA) is 76.0 Å². The largest absolute Gasteiger partial charge is 0.350 e. The van der Waals surface area contributed by atoms with Crippen LogP contribution in [-0.4, -0.2) is 21.4 Å². The molecule has 0 atom stereocenters. The Bertz CT molecular complexity index is 1200. The van der Waals surface area contributed by atoms with E-state index in [0.29, 0.717) is 17.8 Å². The fourth-order valence-corrected chi connectivity index (χ4v) is 3.42. The summed E-state index contributed by atoms with van der Waals surface area (Å²) in [4.78, 5) is 28.7. The summed E-state index contributed by atoms with van der Waals surface area (Å²) in [6, 6.07) is 20.9. The molecular formula is C24H22N4O2. The van der Waals surface area contributed by atoms with Crippen LogP contribution in [0, 0.1) is 6.92 Å². The van der Waals surface area contributed by atoms with Gasteiger partial charge in [-0.1, -0.05) is 30.3 Å². The lowest BCUT2D eigenvalue weighted by atomic mass is 10.2. The molecule has 0 aliphatic heterocycles. The van der Waals surface area contributed by atoms with Crippen molar-refractivity contribution in [3.8, 4) is 0 Å². The van der Waals surface area contributed by atoms with Crippen LogP contribution in [0.25, 0.3) is 10.9 Å². The van der Waals surface area contributed by atoms with E-state index in [4.69, 9.17) is 0 Å². The monoisotopic (exact) mass is 398 g/mol. The summed E-state index contributed by atoms with van der Waals surface area (Å²) < 4.78 is 2.01. The lowest BCUT2D eigenvalue weighted by Crippen LogP contribution is -2.27. The van der Waals surface area contributed by atoms with Gasteiger partial charge in [0.25, 0.3) is 5.91 Å². The smallest absolute Gasteiger partial charge is 0.255 e. The molecule has 0 saturated carbocycles. The Morgan fingerprint density at radius 3 is 2.60 bits per heavy atom. The van der Waals surface area contributed by atoms with Gasteiger partial charge in [0.1, 0.15) is 6.54 Å². The van der Waals surface area contributed by atoms with Gasteiger partial charge < -0.3 is 15.2 Å². The van der Waals surface area contributed by atoms with Crippen molar-refractivity contribution in [2.75, 3.05) is 5.32 Å². The molecule has 30 heavy (non-hydrogen) atoms. The summed E-state index contributed by atoms with van der Waals surface area (Å²) in [5.74, 6) is -0.265. The van der Waals surface area contributed by atoms with E-state index in [1.165, 1.54) is 0 Å². The van der Waals surface area contributed by atoms with Gasteiger partial charge in [-0.05, 0) is 54.3 Å². The van der Waals surface area contributed by atoms with Crippen LogP contribution >= 0.6 is 0 Å². The molecule has 0 aliphatic carbocycles. The molecule has 0 aliphatic rings. The summed E-state index contributed by atoms with van der Waals surface area (Å²) in [5.41, 5.74) is 4.22. The first kappa shape index (κ1) is 19.4. The van der Waals surface area contributed by atoms with Crippen molar-refractivity contribution in [3.05, 3.63) is 95.9 Å². The van der Waals surface area contributed by atoms with Crippen LogP contribution in [0.15, 0.2) is 79.1 Å². The lowest BCUT2D eigenvalue weighted by molar-refractivity contribution is -0.121. The van der Waals surface area contributed by atoms with Gasteiger partial charge in [0.05, 0.1) is 0 Å². The Morgan fingerprint density at radius 2 is 1.77 bits per heavy atom. The molecule has 6 heteroatoms. The predicted molar refractivity (Wildman–Crippen MR) is 117 cm³/mol.